The van der Waals surface area contributed by atoms with Crippen molar-refractivity contribution in [3.05, 3.63) is 162 Å². The molecule has 3 aromatic heterocycles. The zero-order valence-electron chi connectivity index (χ0n) is 25.6. The molecule has 6 aromatic carbocycles. The molecule has 0 fully saturated rings. The largest absolute Gasteiger partial charge is 0.456 e. The fourth-order valence-electron chi connectivity index (χ4n) is 6.92. The molecule has 0 bridgehead atoms. The second kappa shape index (κ2) is 10.5. The Balaban J connectivity index is 1.16. The van der Waals surface area contributed by atoms with Crippen LogP contribution in [-0.2, 0) is 0 Å². The molecule has 0 radical (unpaired) electrons. The van der Waals surface area contributed by atoms with Crippen LogP contribution in [0.5, 0.6) is 0 Å². The highest BCUT2D eigenvalue weighted by Gasteiger charge is 2.26. The first-order valence-electron chi connectivity index (χ1n) is 16.0. The van der Waals surface area contributed by atoms with Gasteiger partial charge in [0.25, 0.3) is 0 Å². The third-order valence-corrected chi connectivity index (χ3v) is 9.20. The molecule has 1 N–H and O–H groups in total. The number of furan rings is 2. The minimum absolute atomic E-state index is 0.496. The number of hydrogen-bond donors (Lipinski definition) is 1. The van der Waals surface area contributed by atoms with E-state index in [1.165, 1.54) is 11.1 Å². The van der Waals surface area contributed by atoms with Crippen LogP contribution in [0, 0.1) is 0 Å². The number of aliphatic imine (C=N–C) groups is 2. The van der Waals surface area contributed by atoms with E-state index in [4.69, 9.17) is 18.8 Å². The summed E-state index contributed by atoms with van der Waals surface area (Å²) in [5.74, 6) is 1.42. The zero-order valence-corrected chi connectivity index (χ0v) is 25.6. The molecule has 1 aliphatic heterocycles. The van der Waals surface area contributed by atoms with Crippen molar-refractivity contribution < 1.29 is 8.83 Å². The molecular weight excluding hydrogens is 592 g/mol. The molecule has 4 heterocycles. The first-order valence-corrected chi connectivity index (χ1v) is 16.0. The quantitative estimate of drug-likeness (QED) is 0.213. The molecule has 9 aromatic rings. The summed E-state index contributed by atoms with van der Waals surface area (Å²) in [5, 5.41) is 9.89. The molecule has 0 aliphatic carbocycles. The Morgan fingerprint density at radius 3 is 2.00 bits per heavy atom. The minimum atomic E-state index is -0.496. The molecule has 0 spiro atoms. The average molecular weight is 619 g/mol. The summed E-state index contributed by atoms with van der Waals surface area (Å²) in [5.41, 5.74) is 8.24. The van der Waals surface area contributed by atoms with Crippen molar-refractivity contribution in [3.8, 4) is 11.1 Å². The van der Waals surface area contributed by atoms with Crippen molar-refractivity contribution in [2.24, 2.45) is 9.98 Å². The fraction of sp³-hybridized carbons (Fsp3) is 0.0238. The number of fused-ring (bicyclic) bond motifs is 7. The van der Waals surface area contributed by atoms with Crippen molar-refractivity contribution in [1.29, 1.82) is 0 Å². The van der Waals surface area contributed by atoms with Gasteiger partial charge in [-0.1, -0.05) is 103 Å². The van der Waals surface area contributed by atoms with E-state index in [2.05, 4.69) is 89.2 Å². The lowest BCUT2D eigenvalue weighted by Crippen LogP contribution is -2.36. The third kappa shape index (κ3) is 4.23. The Morgan fingerprint density at radius 1 is 0.500 bits per heavy atom. The minimum Gasteiger partial charge on any atom is -0.456 e. The van der Waals surface area contributed by atoms with Crippen molar-refractivity contribution >= 4 is 66.5 Å². The number of nitrogens with zero attached hydrogens (tertiary/aromatic N) is 3. The van der Waals surface area contributed by atoms with Crippen molar-refractivity contribution in [2.45, 2.75) is 6.17 Å². The summed E-state index contributed by atoms with van der Waals surface area (Å²) in [6.45, 7) is 0. The Hall–Kier alpha value is -6.53. The highest BCUT2D eigenvalue weighted by atomic mass is 16.3. The SMILES string of the molecule is c1ccc(-c2ccc3cc(C4N=C(c5cccc6oc7ccccc7c56)NC(c5ccnc6oc7ccccc7c56)=N4)ccc3c2)cc1. The second-order valence-corrected chi connectivity index (χ2v) is 12.1. The molecule has 0 amide bonds. The molecule has 48 heavy (non-hydrogen) atoms. The van der Waals surface area contributed by atoms with E-state index < -0.39 is 6.17 Å². The fourth-order valence-corrected chi connectivity index (χ4v) is 6.92. The van der Waals surface area contributed by atoms with Crippen molar-refractivity contribution in [3.63, 3.8) is 0 Å². The normalized spacial score (nSPS) is 14.9. The van der Waals surface area contributed by atoms with Gasteiger partial charge in [0.05, 0.1) is 5.39 Å². The lowest BCUT2D eigenvalue weighted by atomic mass is 9.99. The Morgan fingerprint density at radius 2 is 1.17 bits per heavy atom. The predicted octanol–water partition coefficient (Wildman–Crippen LogP) is 10.2. The van der Waals surface area contributed by atoms with Gasteiger partial charge in [-0.15, -0.1) is 0 Å². The summed E-state index contributed by atoms with van der Waals surface area (Å²) in [7, 11) is 0. The van der Waals surface area contributed by atoms with Crippen molar-refractivity contribution in [1.82, 2.24) is 10.3 Å². The van der Waals surface area contributed by atoms with Crippen LogP contribution in [0.4, 0.5) is 0 Å². The smallest absolute Gasteiger partial charge is 0.228 e. The number of pyridine rings is 1. The van der Waals surface area contributed by atoms with E-state index in [0.29, 0.717) is 11.5 Å². The van der Waals surface area contributed by atoms with Gasteiger partial charge in [0, 0.05) is 33.5 Å². The van der Waals surface area contributed by atoms with E-state index >= 15 is 0 Å². The summed E-state index contributed by atoms with van der Waals surface area (Å²) < 4.78 is 12.4. The maximum absolute atomic E-state index is 6.26. The van der Waals surface area contributed by atoms with E-state index in [1.807, 2.05) is 60.7 Å². The van der Waals surface area contributed by atoms with Crippen molar-refractivity contribution in [2.75, 3.05) is 0 Å². The number of amidine groups is 2. The highest BCUT2D eigenvalue weighted by molar-refractivity contribution is 6.26. The first kappa shape index (κ1) is 26.7. The molecule has 1 unspecified atom stereocenters. The number of para-hydroxylation sites is 2. The van der Waals surface area contributed by atoms with Crippen LogP contribution in [0.15, 0.2) is 165 Å². The van der Waals surface area contributed by atoms with E-state index in [1.54, 1.807) is 6.20 Å². The first-order chi connectivity index (χ1) is 23.8. The summed E-state index contributed by atoms with van der Waals surface area (Å²) in [6, 6.07) is 47.8. The molecule has 1 aliphatic rings. The topological polar surface area (TPSA) is 75.9 Å². The molecule has 1 atom stereocenters. The molecule has 226 valence electrons. The third-order valence-electron chi connectivity index (χ3n) is 9.20. The lowest BCUT2D eigenvalue weighted by Gasteiger charge is -2.23. The Kier molecular flexibility index (Phi) is 5.84. The van der Waals surface area contributed by atoms with E-state index in [0.717, 1.165) is 71.6 Å². The monoisotopic (exact) mass is 618 g/mol. The number of aromatic nitrogens is 1. The highest BCUT2D eigenvalue weighted by Crippen LogP contribution is 2.36. The van der Waals surface area contributed by atoms with Gasteiger partial charge in [-0.25, -0.2) is 15.0 Å². The van der Waals surface area contributed by atoms with Gasteiger partial charge in [-0.3, -0.25) is 0 Å². The van der Waals surface area contributed by atoms with Crippen LogP contribution < -0.4 is 5.32 Å². The van der Waals surface area contributed by atoms with Gasteiger partial charge >= 0.3 is 0 Å². The van der Waals surface area contributed by atoms with Crippen LogP contribution in [0.1, 0.15) is 22.9 Å². The van der Waals surface area contributed by atoms with Gasteiger partial charge in [0.2, 0.25) is 5.71 Å². The maximum Gasteiger partial charge on any atom is 0.228 e. The maximum atomic E-state index is 6.26. The van der Waals surface area contributed by atoms with Gasteiger partial charge < -0.3 is 14.2 Å². The van der Waals surface area contributed by atoms with E-state index in [9.17, 15) is 0 Å². The van der Waals surface area contributed by atoms with Gasteiger partial charge in [0.15, 0.2) is 6.17 Å². The summed E-state index contributed by atoms with van der Waals surface area (Å²) >= 11 is 0. The number of nitrogens with one attached hydrogen (secondary N) is 1. The Bertz CT molecular complexity index is 2640. The molecule has 6 heteroatoms. The zero-order chi connectivity index (χ0) is 31.6. The second-order valence-electron chi connectivity index (χ2n) is 12.1. The molecule has 0 saturated carbocycles. The summed E-state index contributed by atoms with van der Waals surface area (Å²) in [4.78, 5) is 15.1. The Labute approximate surface area is 274 Å². The van der Waals surface area contributed by atoms with Gasteiger partial charge in [-0.05, 0) is 63.9 Å². The number of hydrogen-bond acceptors (Lipinski definition) is 6. The van der Waals surface area contributed by atoms with Crippen LogP contribution in [0.25, 0.3) is 65.9 Å². The van der Waals surface area contributed by atoms with Crippen LogP contribution in [-0.4, -0.2) is 16.7 Å². The van der Waals surface area contributed by atoms with Crippen LogP contribution in [0.2, 0.25) is 0 Å². The van der Waals surface area contributed by atoms with Gasteiger partial charge in [0.1, 0.15) is 28.4 Å². The van der Waals surface area contributed by atoms with Crippen LogP contribution in [0.3, 0.4) is 0 Å². The average Bonchev–Trinajstić information content (AvgIpc) is 3.73. The number of benzene rings is 6. The molecular formula is C42H26N4O2. The number of rotatable bonds is 4. The van der Waals surface area contributed by atoms with Crippen LogP contribution >= 0.6 is 0 Å². The lowest BCUT2D eigenvalue weighted by molar-refractivity contribution is 0.654. The standard InChI is InChI=1S/C42H26N4O2/c1-2-9-25(10-3-1)26-17-18-28-24-29(20-19-27(28)23-26)39-44-40(32-13-8-16-36-37(32)30-11-4-6-14-34(30)47-36)46-41(45-39)33-21-22-43-42-38(33)31-12-5-7-15-35(31)48-42/h1-24,39H,(H,44,45,46). The molecule has 10 rings (SSSR count). The van der Waals surface area contributed by atoms with Gasteiger partial charge in [-0.2, -0.15) is 0 Å². The summed E-state index contributed by atoms with van der Waals surface area (Å²) in [6.07, 6.45) is 1.28. The molecule has 0 saturated heterocycles. The van der Waals surface area contributed by atoms with E-state index in [-0.39, 0.29) is 0 Å². The molecule has 6 nitrogen and oxygen atoms in total. The predicted molar refractivity (Wildman–Crippen MR) is 194 cm³/mol.